The highest BCUT2D eigenvalue weighted by Gasteiger charge is 2.34. The summed E-state index contributed by atoms with van der Waals surface area (Å²) in [5.74, 6) is 1.57. The van der Waals surface area contributed by atoms with Crippen LogP contribution < -0.4 is 15.0 Å². The molecule has 1 heterocycles. The van der Waals surface area contributed by atoms with Crippen molar-refractivity contribution in [2.24, 2.45) is 5.92 Å². The first-order valence-electron chi connectivity index (χ1n) is 9.23. The second-order valence-electron chi connectivity index (χ2n) is 6.74. The van der Waals surface area contributed by atoms with Gasteiger partial charge in [0.25, 0.3) is 0 Å². The minimum absolute atomic E-state index is 0.0848. The molecule has 1 saturated carbocycles. The van der Waals surface area contributed by atoms with Gasteiger partial charge in [0.15, 0.2) is 0 Å². The van der Waals surface area contributed by atoms with Crippen LogP contribution >= 0.6 is 11.8 Å². The predicted octanol–water partition coefficient (Wildman–Crippen LogP) is 4.21. The maximum absolute atomic E-state index is 12.5. The lowest BCUT2D eigenvalue weighted by Crippen LogP contribution is -2.27. The zero-order valence-electron chi connectivity index (χ0n) is 15.2. The van der Waals surface area contributed by atoms with Gasteiger partial charge in [0.05, 0.1) is 12.4 Å². The first-order chi connectivity index (χ1) is 13.2. The molecular weight excluding hydrogens is 360 g/mol. The molecule has 2 fully saturated rings. The van der Waals surface area contributed by atoms with E-state index in [9.17, 15) is 9.59 Å². The van der Waals surface area contributed by atoms with E-state index in [2.05, 4.69) is 5.32 Å². The number of benzene rings is 2. The lowest BCUT2D eigenvalue weighted by Gasteiger charge is -2.25. The first kappa shape index (κ1) is 17.9. The summed E-state index contributed by atoms with van der Waals surface area (Å²) in [7, 11) is 0. The third-order valence-electron chi connectivity index (χ3n) is 4.68. The monoisotopic (exact) mass is 382 g/mol. The van der Waals surface area contributed by atoms with E-state index >= 15 is 0 Å². The fourth-order valence-electron chi connectivity index (χ4n) is 3.18. The smallest absolute Gasteiger partial charge is 0.238 e. The highest BCUT2D eigenvalue weighted by Crippen LogP contribution is 2.42. The molecule has 1 atom stereocenters. The van der Waals surface area contributed by atoms with Crippen LogP contribution in [0.25, 0.3) is 0 Å². The van der Waals surface area contributed by atoms with E-state index in [0.29, 0.717) is 12.4 Å². The van der Waals surface area contributed by atoms with Gasteiger partial charge in [-0.2, -0.15) is 0 Å². The van der Waals surface area contributed by atoms with Crippen molar-refractivity contribution in [1.29, 1.82) is 0 Å². The zero-order chi connectivity index (χ0) is 18.8. The molecule has 1 N–H and O–H groups in total. The summed E-state index contributed by atoms with van der Waals surface area (Å²) in [4.78, 5) is 26.4. The Bertz CT molecular complexity index is 849. The van der Waals surface area contributed by atoms with Gasteiger partial charge in [0, 0.05) is 17.3 Å². The van der Waals surface area contributed by atoms with Crippen LogP contribution in [-0.2, 0) is 9.59 Å². The molecule has 2 aromatic rings. The summed E-state index contributed by atoms with van der Waals surface area (Å²) < 4.78 is 5.49. The van der Waals surface area contributed by atoms with Crippen LogP contribution in [0, 0.1) is 5.92 Å². The molecule has 2 aromatic carbocycles. The van der Waals surface area contributed by atoms with Gasteiger partial charge in [-0.25, -0.2) is 0 Å². The Morgan fingerprint density at radius 1 is 1.22 bits per heavy atom. The lowest BCUT2D eigenvalue weighted by molar-refractivity contribution is -0.117. The molecular formula is C21H22N2O3S. The Kier molecular flexibility index (Phi) is 5.07. The summed E-state index contributed by atoms with van der Waals surface area (Å²) in [5, 5.41) is 2.88. The predicted molar refractivity (Wildman–Crippen MR) is 108 cm³/mol. The van der Waals surface area contributed by atoms with Crippen molar-refractivity contribution in [2.45, 2.75) is 25.1 Å². The molecule has 2 amide bonds. The molecule has 1 aliphatic carbocycles. The van der Waals surface area contributed by atoms with E-state index in [1.807, 2.05) is 60.4 Å². The highest BCUT2D eigenvalue weighted by molar-refractivity contribution is 8.00. The van der Waals surface area contributed by atoms with E-state index in [0.717, 1.165) is 35.5 Å². The van der Waals surface area contributed by atoms with Crippen LogP contribution in [0.2, 0.25) is 0 Å². The number of ether oxygens (including phenoxy) is 1. The van der Waals surface area contributed by atoms with Crippen molar-refractivity contribution in [3.63, 3.8) is 0 Å². The molecule has 0 aromatic heterocycles. The summed E-state index contributed by atoms with van der Waals surface area (Å²) >= 11 is 1.60. The number of rotatable bonds is 6. The SMILES string of the molecule is CCOc1ccc(N2C(=O)CS[C@H]2c2cccc(NC(=O)C3CC3)c2)cc1. The molecule has 5 nitrogen and oxygen atoms in total. The Morgan fingerprint density at radius 2 is 2.00 bits per heavy atom. The zero-order valence-corrected chi connectivity index (χ0v) is 16.0. The standard InChI is InChI=1S/C21H22N2O3S/c1-2-26-18-10-8-17(9-11-18)23-19(24)13-27-21(23)15-4-3-5-16(12-15)22-20(25)14-6-7-14/h3-5,8-12,14,21H,2,6-7,13H2,1H3,(H,22,25)/t21-/m0/s1. The number of hydrogen-bond acceptors (Lipinski definition) is 4. The molecule has 0 radical (unpaired) electrons. The number of thioether (sulfide) groups is 1. The molecule has 4 rings (SSSR count). The second-order valence-corrected chi connectivity index (χ2v) is 7.81. The van der Waals surface area contributed by atoms with E-state index in [1.54, 1.807) is 11.8 Å². The van der Waals surface area contributed by atoms with Gasteiger partial charge in [0.1, 0.15) is 11.1 Å². The minimum Gasteiger partial charge on any atom is -0.494 e. The number of anilines is 2. The quantitative estimate of drug-likeness (QED) is 0.813. The van der Waals surface area contributed by atoms with E-state index in [1.165, 1.54) is 0 Å². The Balaban J connectivity index is 1.56. The maximum atomic E-state index is 12.5. The largest absolute Gasteiger partial charge is 0.494 e. The number of nitrogens with zero attached hydrogens (tertiary/aromatic N) is 1. The number of hydrogen-bond donors (Lipinski definition) is 1. The number of carbonyl (C=O) groups is 2. The topological polar surface area (TPSA) is 58.6 Å². The van der Waals surface area contributed by atoms with Gasteiger partial charge in [0.2, 0.25) is 11.8 Å². The lowest BCUT2D eigenvalue weighted by atomic mass is 10.1. The number of nitrogens with one attached hydrogen (secondary N) is 1. The summed E-state index contributed by atoms with van der Waals surface area (Å²) in [6, 6.07) is 15.4. The third-order valence-corrected chi connectivity index (χ3v) is 5.89. The summed E-state index contributed by atoms with van der Waals surface area (Å²) in [5.41, 5.74) is 2.65. The van der Waals surface area contributed by atoms with Gasteiger partial charge in [-0.05, 0) is 61.7 Å². The molecule has 6 heteroatoms. The van der Waals surface area contributed by atoms with Crippen molar-refractivity contribution in [3.05, 3.63) is 54.1 Å². The third kappa shape index (κ3) is 3.95. The van der Waals surface area contributed by atoms with E-state index < -0.39 is 0 Å². The molecule has 1 saturated heterocycles. The van der Waals surface area contributed by atoms with Crippen LogP contribution in [0.3, 0.4) is 0 Å². The molecule has 0 bridgehead atoms. The van der Waals surface area contributed by atoms with Crippen molar-refractivity contribution >= 4 is 35.0 Å². The van der Waals surface area contributed by atoms with Gasteiger partial charge >= 0.3 is 0 Å². The Hall–Kier alpha value is -2.47. The molecule has 2 aliphatic rings. The van der Waals surface area contributed by atoms with Gasteiger partial charge in [-0.1, -0.05) is 12.1 Å². The van der Waals surface area contributed by atoms with E-state index in [-0.39, 0.29) is 23.1 Å². The fourth-order valence-corrected chi connectivity index (χ4v) is 4.35. The molecule has 1 aliphatic heterocycles. The summed E-state index contributed by atoms with van der Waals surface area (Å²) in [6.07, 6.45) is 1.95. The van der Waals surface area contributed by atoms with E-state index in [4.69, 9.17) is 4.74 Å². The molecule has 0 unspecified atom stereocenters. The van der Waals surface area contributed by atoms with Gasteiger partial charge in [-0.15, -0.1) is 11.8 Å². The van der Waals surface area contributed by atoms with Crippen molar-refractivity contribution in [3.8, 4) is 5.75 Å². The van der Waals surface area contributed by atoms with Crippen LogP contribution in [0.1, 0.15) is 30.7 Å². The van der Waals surface area contributed by atoms with Gasteiger partial charge in [-0.3, -0.25) is 14.5 Å². The maximum Gasteiger partial charge on any atom is 0.238 e. The van der Waals surface area contributed by atoms with Crippen LogP contribution in [0.5, 0.6) is 5.75 Å². The van der Waals surface area contributed by atoms with Crippen LogP contribution in [-0.4, -0.2) is 24.2 Å². The first-order valence-corrected chi connectivity index (χ1v) is 10.3. The Morgan fingerprint density at radius 3 is 2.70 bits per heavy atom. The minimum atomic E-state index is -0.103. The van der Waals surface area contributed by atoms with Crippen molar-refractivity contribution in [2.75, 3.05) is 22.6 Å². The average Bonchev–Trinajstić information content (AvgIpc) is 3.46. The van der Waals surface area contributed by atoms with Crippen molar-refractivity contribution < 1.29 is 14.3 Å². The molecule has 27 heavy (non-hydrogen) atoms. The van der Waals surface area contributed by atoms with Crippen LogP contribution in [0.15, 0.2) is 48.5 Å². The molecule has 0 spiro atoms. The second kappa shape index (κ2) is 7.64. The number of amides is 2. The average molecular weight is 382 g/mol. The van der Waals surface area contributed by atoms with Crippen molar-refractivity contribution in [1.82, 2.24) is 0 Å². The number of carbonyl (C=O) groups excluding carboxylic acids is 2. The summed E-state index contributed by atoms with van der Waals surface area (Å²) in [6.45, 7) is 2.55. The van der Waals surface area contributed by atoms with Crippen LogP contribution in [0.4, 0.5) is 11.4 Å². The Labute approximate surface area is 163 Å². The highest BCUT2D eigenvalue weighted by atomic mass is 32.2. The normalized spacial score (nSPS) is 19.2. The fraction of sp³-hybridized carbons (Fsp3) is 0.333. The van der Waals surface area contributed by atoms with Gasteiger partial charge < -0.3 is 10.1 Å². The molecule has 140 valence electrons.